The highest BCUT2D eigenvalue weighted by molar-refractivity contribution is 7.92. The molecule has 158 valence electrons. The van der Waals surface area contributed by atoms with Crippen LogP contribution in [-0.4, -0.2) is 40.9 Å². The number of benzene rings is 2. The van der Waals surface area contributed by atoms with E-state index in [4.69, 9.17) is 4.74 Å². The van der Waals surface area contributed by atoms with Gasteiger partial charge in [-0.25, -0.2) is 13.4 Å². The second-order valence-corrected chi connectivity index (χ2v) is 9.07. The van der Waals surface area contributed by atoms with Crippen LogP contribution in [0.25, 0.3) is 16.8 Å². The molecule has 0 saturated heterocycles. The third-order valence-electron chi connectivity index (χ3n) is 5.11. The van der Waals surface area contributed by atoms with Crippen molar-refractivity contribution >= 4 is 27.3 Å². The molecule has 0 bridgehead atoms. The molecule has 0 aliphatic carbocycles. The van der Waals surface area contributed by atoms with E-state index in [9.17, 15) is 8.42 Å². The smallest absolute Gasteiger partial charge is 0.229 e. The fraction of sp³-hybridized carbons (Fsp3) is 0.190. The number of sulfonamides is 1. The predicted octanol–water partition coefficient (Wildman–Crippen LogP) is 2.71. The van der Waals surface area contributed by atoms with Crippen molar-refractivity contribution in [3.05, 3.63) is 66.1 Å². The summed E-state index contributed by atoms with van der Waals surface area (Å²) in [6, 6.07) is 13.1. The lowest BCUT2D eigenvalue weighted by atomic mass is 10.1. The average Bonchev–Trinajstić information content (AvgIpc) is 3.41. The minimum atomic E-state index is -3.32. The molecule has 3 heterocycles. The van der Waals surface area contributed by atoms with Gasteiger partial charge in [0.2, 0.25) is 16.0 Å². The molecule has 0 radical (unpaired) electrons. The van der Waals surface area contributed by atoms with Crippen molar-refractivity contribution in [1.29, 1.82) is 0 Å². The Labute approximate surface area is 179 Å². The van der Waals surface area contributed by atoms with Gasteiger partial charge in [-0.1, -0.05) is 24.3 Å². The summed E-state index contributed by atoms with van der Waals surface area (Å²) in [4.78, 5) is 4.57. The molecule has 10 heteroatoms. The molecule has 2 aromatic carbocycles. The minimum Gasteiger partial charge on any atom is -0.493 e. The fourth-order valence-corrected chi connectivity index (χ4v) is 4.28. The molecule has 0 spiro atoms. The number of aromatic nitrogens is 4. The van der Waals surface area contributed by atoms with Crippen LogP contribution in [0.4, 0.5) is 11.6 Å². The summed E-state index contributed by atoms with van der Waals surface area (Å²) in [7, 11) is -3.32. The van der Waals surface area contributed by atoms with Gasteiger partial charge >= 0.3 is 0 Å². The summed E-state index contributed by atoms with van der Waals surface area (Å²) in [5.41, 5.74) is 5.21. The van der Waals surface area contributed by atoms with Gasteiger partial charge in [0.05, 0.1) is 12.9 Å². The van der Waals surface area contributed by atoms with Crippen LogP contribution in [0.2, 0.25) is 0 Å². The van der Waals surface area contributed by atoms with Crippen LogP contribution in [-0.2, 0) is 23.0 Å². The first kappa shape index (κ1) is 19.3. The molecular formula is C21H20N6O3S. The Morgan fingerprint density at radius 3 is 2.81 bits per heavy atom. The molecule has 31 heavy (non-hydrogen) atoms. The molecule has 4 aromatic rings. The first-order valence-corrected chi connectivity index (χ1v) is 11.6. The lowest BCUT2D eigenvalue weighted by Gasteiger charge is -2.12. The number of hydrogen-bond acceptors (Lipinski definition) is 7. The standard InChI is InChI=1S/C21H20N6O3S/c1-31(28,29)26-16-7-5-14(6-8-16)18-12-23-21(27-13-24-25-20(18)27)22-11-15-3-2-4-19-17(15)9-10-30-19/h2-8,12-13,26H,9-11H2,1H3,(H,22,23). The molecule has 0 amide bonds. The van der Waals surface area contributed by atoms with E-state index in [0.717, 1.165) is 29.6 Å². The molecule has 2 N–H and O–H groups in total. The summed E-state index contributed by atoms with van der Waals surface area (Å²) in [6.07, 6.45) is 5.38. The van der Waals surface area contributed by atoms with Gasteiger partial charge in [0.1, 0.15) is 12.1 Å². The maximum atomic E-state index is 11.4. The predicted molar refractivity (Wildman–Crippen MR) is 118 cm³/mol. The molecule has 2 aromatic heterocycles. The highest BCUT2D eigenvalue weighted by Crippen LogP contribution is 2.29. The Morgan fingerprint density at radius 1 is 1.16 bits per heavy atom. The summed E-state index contributed by atoms with van der Waals surface area (Å²) in [5.74, 6) is 1.58. The summed E-state index contributed by atoms with van der Waals surface area (Å²) in [6.45, 7) is 1.32. The van der Waals surface area contributed by atoms with E-state index in [1.165, 1.54) is 11.1 Å². The van der Waals surface area contributed by atoms with Crippen molar-refractivity contribution in [2.75, 3.05) is 22.9 Å². The molecule has 0 unspecified atom stereocenters. The second-order valence-electron chi connectivity index (χ2n) is 7.32. The van der Waals surface area contributed by atoms with Crippen LogP contribution in [0.15, 0.2) is 55.0 Å². The molecule has 0 fully saturated rings. The summed E-state index contributed by atoms with van der Waals surface area (Å²) < 4.78 is 32.7. The van der Waals surface area contributed by atoms with Crippen molar-refractivity contribution in [3.63, 3.8) is 0 Å². The number of ether oxygens (including phenoxy) is 1. The van der Waals surface area contributed by atoms with Crippen LogP contribution in [0, 0.1) is 0 Å². The third kappa shape index (κ3) is 3.89. The molecule has 5 rings (SSSR count). The Kier molecular flexibility index (Phi) is 4.70. The van der Waals surface area contributed by atoms with E-state index in [1.807, 2.05) is 24.3 Å². The number of anilines is 2. The number of rotatable bonds is 6. The van der Waals surface area contributed by atoms with Gasteiger partial charge in [-0.05, 0) is 29.3 Å². The highest BCUT2D eigenvalue weighted by Gasteiger charge is 2.16. The number of nitrogens with zero attached hydrogens (tertiary/aromatic N) is 4. The SMILES string of the molecule is CS(=O)(=O)Nc1ccc(-c2cnc(NCc3cccc4c3CCO4)n3cnnc23)cc1. The largest absolute Gasteiger partial charge is 0.493 e. The van der Waals surface area contributed by atoms with Crippen LogP contribution in [0.3, 0.4) is 0 Å². The molecule has 9 nitrogen and oxygen atoms in total. The number of fused-ring (bicyclic) bond motifs is 2. The van der Waals surface area contributed by atoms with Gasteiger partial charge in [-0.2, -0.15) is 0 Å². The Hall–Kier alpha value is -3.66. The van der Waals surface area contributed by atoms with E-state index in [-0.39, 0.29) is 0 Å². The first-order chi connectivity index (χ1) is 15.0. The van der Waals surface area contributed by atoms with Gasteiger partial charge in [-0.15, -0.1) is 10.2 Å². The average molecular weight is 436 g/mol. The molecule has 0 saturated carbocycles. The van der Waals surface area contributed by atoms with Crippen molar-refractivity contribution in [2.45, 2.75) is 13.0 Å². The van der Waals surface area contributed by atoms with E-state index in [0.29, 0.717) is 30.4 Å². The van der Waals surface area contributed by atoms with Crippen molar-refractivity contribution in [2.24, 2.45) is 0 Å². The zero-order chi connectivity index (χ0) is 21.4. The van der Waals surface area contributed by atoms with Gasteiger partial charge in [0.15, 0.2) is 5.65 Å². The zero-order valence-corrected chi connectivity index (χ0v) is 17.6. The first-order valence-electron chi connectivity index (χ1n) is 9.72. The zero-order valence-electron chi connectivity index (χ0n) is 16.7. The summed E-state index contributed by atoms with van der Waals surface area (Å²) >= 11 is 0. The molecule has 1 aliphatic rings. The van der Waals surface area contributed by atoms with E-state index in [1.54, 1.807) is 29.1 Å². The number of hydrogen-bond donors (Lipinski definition) is 2. The molecule has 1 aliphatic heterocycles. The highest BCUT2D eigenvalue weighted by atomic mass is 32.2. The van der Waals surface area contributed by atoms with Crippen molar-refractivity contribution in [1.82, 2.24) is 19.6 Å². The van der Waals surface area contributed by atoms with Gasteiger partial charge in [0.25, 0.3) is 0 Å². The monoisotopic (exact) mass is 436 g/mol. The Morgan fingerprint density at radius 2 is 2.00 bits per heavy atom. The van der Waals surface area contributed by atoms with E-state index < -0.39 is 10.0 Å². The van der Waals surface area contributed by atoms with Crippen LogP contribution >= 0.6 is 0 Å². The quantitative estimate of drug-likeness (QED) is 0.478. The van der Waals surface area contributed by atoms with Crippen LogP contribution in [0.5, 0.6) is 5.75 Å². The number of nitrogens with one attached hydrogen (secondary N) is 2. The lowest BCUT2D eigenvalue weighted by molar-refractivity contribution is 0.357. The van der Waals surface area contributed by atoms with Crippen LogP contribution in [0.1, 0.15) is 11.1 Å². The topological polar surface area (TPSA) is 111 Å². The molecular weight excluding hydrogens is 416 g/mol. The fourth-order valence-electron chi connectivity index (χ4n) is 3.72. The summed E-state index contributed by atoms with van der Waals surface area (Å²) in [5, 5.41) is 11.7. The molecule has 0 atom stereocenters. The lowest BCUT2D eigenvalue weighted by Crippen LogP contribution is -2.09. The van der Waals surface area contributed by atoms with E-state index in [2.05, 4.69) is 31.3 Å². The van der Waals surface area contributed by atoms with Gasteiger partial charge in [0, 0.05) is 36.0 Å². The van der Waals surface area contributed by atoms with Crippen molar-refractivity contribution in [3.8, 4) is 16.9 Å². The second kappa shape index (κ2) is 7.55. The Bertz CT molecular complexity index is 1370. The van der Waals surface area contributed by atoms with Gasteiger partial charge < -0.3 is 10.1 Å². The normalized spacial score (nSPS) is 13.1. The van der Waals surface area contributed by atoms with Crippen LogP contribution < -0.4 is 14.8 Å². The van der Waals surface area contributed by atoms with Crippen molar-refractivity contribution < 1.29 is 13.2 Å². The van der Waals surface area contributed by atoms with E-state index >= 15 is 0 Å². The maximum absolute atomic E-state index is 11.4. The minimum absolute atomic E-state index is 0.495. The van der Waals surface area contributed by atoms with Gasteiger partial charge in [-0.3, -0.25) is 9.12 Å². The Balaban J connectivity index is 1.41. The third-order valence-corrected chi connectivity index (χ3v) is 5.72. The maximum Gasteiger partial charge on any atom is 0.229 e.